The lowest BCUT2D eigenvalue weighted by atomic mass is 9.71. The Morgan fingerprint density at radius 1 is 0.444 bits per heavy atom. The minimum absolute atomic E-state index is 0.00659. The first-order valence-corrected chi connectivity index (χ1v) is 31.8. The highest BCUT2D eigenvalue weighted by Gasteiger charge is 2.63. The van der Waals surface area contributed by atoms with E-state index in [-0.39, 0.29) is 68.8 Å². The molecule has 10 heterocycles. The number of phenols is 3. The third-order valence-corrected chi connectivity index (χ3v) is 20.3. The summed E-state index contributed by atoms with van der Waals surface area (Å²) < 4.78 is 212. The standard InChI is InChI=1S/C46H28F8N2O6.C20H15F4NO4.C6H6O2/c47-31-27-29(33(49)37(53)35(31)51)45(61-43(27)57)21-15-26-22(16-25(21)59-41-19-7-3-11-55-9-1-5-17(39(19)55)13-23(41)45)46(30-28(44(58)62-46)32(48)36(52)38(54)34(30)50)24-14-18-6-2-10-56-12-4-8-20(40(18)56)42(24)60-26;21-13-12(20(29-8-26)16(24)15(23)14(13)22)19(28)11-7-9-3-1-5-25-6-2-4-10(17(9)25)18(11)27;7-5-1-2-6(8)4-3-5/h13-16H,1-12H2;7-8,27H,1-6H2;1-4,7-8H. The van der Waals surface area contributed by atoms with E-state index in [4.69, 9.17) is 29.2 Å². The van der Waals surface area contributed by atoms with E-state index in [0.29, 0.717) is 94.2 Å². The Hall–Kier alpha value is -10.6. The highest BCUT2D eigenvalue weighted by atomic mass is 19.2. The zero-order valence-electron chi connectivity index (χ0n) is 51.4. The number of ketones is 1. The normalized spacial score (nSPS) is 19.4. The van der Waals surface area contributed by atoms with Crippen molar-refractivity contribution in [3.63, 3.8) is 0 Å². The van der Waals surface area contributed by atoms with Crippen LogP contribution in [0.4, 0.5) is 69.7 Å². The second kappa shape index (κ2) is 22.7. The van der Waals surface area contributed by atoms with Crippen LogP contribution in [0, 0.1) is 69.8 Å². The quantitative estimate of drug-likeness (QED) is 0.0287. The molecule has 15 nitrogen and oxygen atoms in total. The van der Waals surface area contributed by atoms with Crippen molar-refractivity contribution in [3.05, 3.63) is 213 Å². The number of fused-ring (bicyclic) bond motifs is 14. The first-order chi connectivity index (χ1) is 47.5. The summed E-state index contributed by atoms with van der Waals surface area (Å²) in [6.45, 7) is 4.05. The van der Waals surface area contributed by atoms with Gasteiger partial charge in [0.1, 0.15) is 56.9 Å². The van der Waals surface area contributed by atoms with Crippen LogP contribution in [0.15, 0.2) is 54.6 Å². The lowest BCUT2D eigenvalue weighted by Gasteiger charge is -2.45. The predicted molar refractivity (Wildman–Crippen MR) is 323 cm³/mol. The van der Waals surface area contributed by atoms with Gasteiger partial charge in [0.25, 0.3) is 6.47 Å². The average Bonchev–Trinajstić information content (AvgIpc) is 1.61. The number of benzene rings is 8. The van der Waals surface area contributed by atoms with Gasteiger partial charge < -0.3 is 53.7 Å². The zero-order chi connectivity index (χ0) is 69.3. The number of phenolic OH excluding ortho intramolecular Hbond substituents is 3. The minimum atomic E-state index is -2.57. The van der Waals surface area contributed by atoms with Gasteiger partial charge in [0.2, 0.25) is 17.4 Å². The molecule has 0 aromatic heterocycles. The fourth-order valence-corrected chi connectivity index (χ4v) is 16.3. The summed E-state index contributed by atoms with van der Waals surface area (Å²) in [5.74, 6) is -31.3. The molecule has 0 saturated carbocycles. The number of hydrogen-bond acceptors (Lipinski definition) is 15. The van der Waals surface area contributed by atoms with E-state index in [9.17, 15) is 50.6 Å². The van der Waals surface area contributed by atoms with Crippen LogP contribution in [-0.2, 0) is 64.0 Å². The van der Waals surface area contributed by atoms with Crippen molar-refractivity contribution in [1.82, 2.24) is 0 Å². The topological polar surface area (TPSA) is 185 Å². The highest BCUT2D eigenvalue weighted by molar-refractivity contribution is 6.13. The largest absolute Gasteiger partial charge is 0.508 e. The summed E-state index contributed by atoms with van der Waals surface area (Å²) in [5.41, 5.74) is -5.21. The Morgan fingerprint density at radius 3 is 1.23 bits per heavy atom. The number of hydrogen-bond donors (Lipinski definition) is 3. The summed E-state index contributed by atoms with van der Waals surface area (Å²) in [7, 11) is 0. The van der Waals surface area contributed by atoms with E-state index < -0.39 is 138 Å². The highest BCUT2D eigenvalue weighted by Crippen LogP contribution is 2.66. The van der Waals surface area contributed by atoms with Crippen LogP contribution in [-0.4, -0.2) is 78.8 Å². The molecule has 99 heavy (non-hydrogen) atoms. The van der Waals surface area contributed by atoms with Crippen molar-refractivity contribution >= 4 is 41.3 Å². The third-order valence-electron chi connectivity index (χ3n) is 20.3. The molecule has 10 aliphatic heterocycles. The van der Waals surface area contributed by atoms with Gasteiger partial charge in [-0.05, 0) is 148 Å². The number of nitrogens with zero attached hydrogens (tertiary/aromatic N) is 3. The average molecular weight is 1380 g/mol. The molecule has 27 heteroatoms. The number of aromatic hydroxyl groups is 3. The van der Waals surface area contributed by atoms with E-state index in [1.54, 1.807) is 12.1 Å². The van der Waals surface area contributed by atoms with Crippen LogP contribution in [0.25, 0.3) is 0 Å². The Labute approximate surface area is 551 Å². The van der Waals surface area contributed by atoms with Gasteiger partial charge in [0, 0.05) is 84.1 Å². The maximum absolute atomic E-state index is 16.7. The van der Waals surface area contributed by atoms with Gasteiger partial charge in [-0.3, -0.25) is 9.59 Å². The number of anilines is 3. The number of esters is 2. The SMILES string of the molecule is O=C1OC2(c3cc4c(cc3Oc3c2cc2c5c3CCCN5CCC2)C2(OC(=O)c3c(F)c(F)c(F)c(F)c32)c2cc3c5c(c2O4)CCCN5CCC3)c2c(F)c(F)c(F)c(F)c21.O=COc1c(F)c(F)c(F)c(F)c1C(=O)c1cc2c3c(c1O)CCCN3CCC2.Oc1ccc(O)cc1. The zero-order valence-corrected chi connectivity index (χ0v) is 51.4. The number of carbonyl (C=O) groups excluding carboxylic acids is 4. The monoisotopic (exact) mass is 1380 g/mol. The van der Waals surface area contributed by atoms with Gasteiger partial charge >= 0.3 is 11.9 Å². The van der Waals surface area contributed by atoms with Crippen molar-refractivity contribution in [3.8, 4) is 46.0 Å². The minimum Gasteiger partial charge on any atom is -0.508 e. The van der Waals surface area contributed by atoms with Crippen LogP contribution in [0.3, 0.4) is 0 Å². The molecule has 2 unspecified atom stereocenters. The summed E-state index contributed by atoms with van der Waals surface area (Å²) in [5, 5.41) is 28.0. The van der Waals surface area contributed by atoms with Crippen molar-refractivity contribution < 1.29 is 111 Å². The molecule has 508 valence electrons. The molecule has 0 fully saturated rings. The fourth-order valence-electron chi connectivity index (χ4n) is 16.3. The molecule has 3 N–H and O–H groups in total. The predicted octanol–water partition coefficient (Wildman–Crippen LogP) is 13.8. The lowest BCUT2D eigenvalue weighted by Crippen LogP contribution is -2.40. The Kier molecular flexibility index (Phi) is 14.5. The molecule has 8 aromatic carbocycles. The van der Waals surface area contributed by atoms with Crippen LogP contribution >= 0.6 is 0 Å². The van der Waals surface area contributed by atoms with Crippen LogP contribution in [0.1, 0.15) is 142 Å². The van der Waals surface area contributed by atoms with E-state index in [0.717, 1.165) is 72.5 Å². The number of ether oxygens (including phenoxy) is 5. The first-order valence-electron chi connectivity index (χ1n) is 31.8. The van der Waals surface area contributed by atoms with Gasteiger partial charge in [0.05, 0.1) is 27.8 Å². The summed E-state index contributed by atoms with van der Waals surface area (Å²) in [6, 6.07) is 12.7. The maximum atomic E-state index is 16.7. The van der Waals surface area contributed by atoms with Gasteiger partial charge in [-0.1, -0.05) is 0 Å². The molecular weight excluding hydrogens is 1330 g/mol. The van der Waals surface area contributed by atoms with Crippen molar-refractivity contribution in [2.45, 2.75) is 88.3 Å². The molecule has 18 rings (SSSR count). The molecular formula is C72H49F12N3O12. The van der Waals surface area contributed by atoms with E-state index >= 15 is 26.3 Å². The molecule has 2 atom stereocenters. The van der Waals surface area contributed by atoms with Crippen molar-refractivity contribution in [2.24, 2.45) is 0 Å². The number of halogens is 12. The third kappa shape index (κ3) is 8.85. The second-order valence-corrected chi connectivity index (χ2v) is 25.5. The van der Waals surface area contributed by atoms with Crippen LogP contribution in [0.2, 0.25) is 0 Å². The Bertz CT molecular complexity index is 4780. The number of rotatable bonds is 4. The van der Waals surface area contributed by atoms with Gasteiger partial charge in [-0.25, -0.2) is 57.9 Å². The molecule has 10 aliphatic rings. The summed E-state index contributed by atoms with van der Waals surface area (Å²) in [6.07, 6.45) is 7.19. The van der Waals surface area contributed by atoms with Gasteiger partial charge in [-0.2, -0.15) is 4.39 Å². The molecule has 0 saturated heterocycles. The number of carbonyl (C=O) groups is 4. The van der Waals surface area contributed by atoms with Gasteiger partial charge in [-0.15, -0.1) is 0 Å². The second-order valence-electron chi connectivity index (χ2n) is 25.5. The molecule has 8 aromatic rings. The van der Waals surface area contributed by atoms with Gasteiger partial charge in [0.15, 0.2) is 75.1 Å². The van der Waals surface area contributed by atoms with E-state index in [1.807, 2.05) is 0 Å². The van der Waals surface area contributed by atoms with Crippen molar-refractivity contribution in [2.75, 3.05) is 54.0 Å². The molecule has 0 radical (unpaired) electrons. The molecule has 0 aliphatic carbocycles. The molecule has 0 amide bonds. The van der Waals surface area contributed by atoms with E-state index in [2.05, 4.69) is 19.4 Å². The molecule has 0 bridgehead atoms. The smallest absolute Gasteiger partial charge is 0.343 e. The molecule has 2 spiro atoms. The van der Waals surface area contributed by atoms with Crippen molar-refractivity contribution in [1.29, 1.82) is 0 Å². The Balaban J connectivity index is 0.000000171. The summed E-state index contributed by atoms with van der Waals surface area (Å²) in [4.78, 5) is 57.9. The Morgan fingerprint density at radius 2 is 0.808 bits per heavy atom. The first kappa shape index (κ1) is 63.2. The summed E-state index contributed by atoms with van der Waals surface area (Å²) >= 11 is 0. The fraction of sp³-hybridized carbons (Fsp3) is 0.278. The number of aryl methyl sites for hydroxylation is 3. The van der Waals surface area contributed by atoms with Crippen LogP contribution in [0.5, 0.6) is 46.0 Å². The van der Waals surface area contributed by atoms with Crippen LogP contribution < -0.4 is 28.9 Å². The maximum Gasteiger partial charge on any atom is 0.343 e. The lowest BCUT2D eigenvalue weighted by molar-refractivity contribution is -0.121. The van der Waals surface area contributed by atoms with E-state index in [1.165, 1.54) is 42.5 Å².